The maximum Gasteiger partial charge on any atom is 0.272 e. The summed E-state index contributed by atoms with van der Waals surface area (Å²) in [6, 6.07) is 19.1. The molecule has 34 heavy (non-hydrogen) atoms. The van der Waals surface area contributed by atoms with Crippen LogP contribution in [0, 0.1) is 5.82 Å². The Hall–Kier alpha value is -3.97. The molecule has 0 saturated carbocycles. The summed E-state index contributed by atoms with van der Waals surface area (Å²) < 4.78 is 14.8. The molecule has 0 radical (unpaired) electrons. The minimum atomic E-state index is -1.19. The molecule has 2 aliphatic heterocycles. The van der Waals surface area contributed by atoms with Gasteiger partial charge in [0, 0.05) is 29.4 Å². The normalized spacial score (nSPS) is 16.5. The van der Waals surface area contributed by atoms with Crippen LogP contribution in [-0.2, 0) is 16.0 Å². The van der Waals surface area contributed by atoms with Crippen LogP contribution in [-0.4, -0.2) is 30.2 Å². The first-order valence-electron chi connectivity index (χ1n) is 10.6. The molecule has 3 N–H and O–H groups in total. The van der Waals surface area contributed by atoms with Crippen molar-refractivity contribution in [1.82, 2.24) is 5.32 Å². The molecule has 8 heteroatoms. The lowest BCUT2D eigenvalue weighted by molar-refractivity contribution is -0.125. The Morgan fingerprint density at radius 2 is 1.79 bits per heavy atom. The molecule has 0 bridgehead atoms. The number of hydrogen-bond donors (Lipinski definition) is 2. The zero-order valence-corrected chi connectivity index (χ0v) is 18.9. The number of nitrogen functional groups attached to an aromatic ring is 1. The Morgan fingerprint density at radius 1 is 1.06 bits per heavy atom. The molecule has 3 aromatic carbocycles. The van der Waals surface area contributed by atoms with E-state index in [-0.39, 0.29) is 23.9 Å². The number of nitrogens with two attached hydrogens (primary N) is 1. The molecule has 0 saturated heterocycles. The maximum atomic E-state index is 14.8. The summed E-state index contributed by atoms with van der Waals surface area (Å²) in [6.07, 6.45) is 2.39. The Bertz CT molecular complexity index is 1340. The molecule has 172 valence electrons. The number of nitrogens with one attached hydrogen (secondary N) is 1. The number of hydrogen-bond acceptors (Lipinski definition) is 4. The lowest BCUT2D eigenvalue weighted by Gasteiger charge is -2.20. The van der Waals surface area contributed by atoms with Crippen LogP contribution >= 0.6 is 12.4 Å². The summed E-state index contributed by atoms with van der Waals surface area (Å²) in [4.78, 5) is 32.2. The highest BCUT2D eigenvalue weighted by atomic mass is 35.5. The van der Waals surface area contributed by atoms with Crippen molar-refractivity contribution in [3.05, 3.63) is 101 Å². The second-order valence-corrected chi connectivity index (χ2v) is 7.88. The fraction of sp³-hybridized carbons (Fsp3) is 0.115. The molecule has 5 rings (SSSR count). The fourth-order valence-corrected chi connectivity index (χ4v) is 4.24. The van der Waals surface area contributed by atoms with E-state index in [0.717, 1.165) is 11.3 Å². The van der Waals surface area contributed by atoms with Gasteiger partial charge < -0.3 is 16.0 Å². The molecule has 3 aromatic rings. The molecular weight excluding hydrogens is 455 g/mol. The molecule has 0 aliphatic carbocycles. The lowest BCUT2D eigenvalue weighted by Crippen LogP contribution is -2.46. The minimum absolute atomic E-state index is 0. The van der Waals surface area contributed by atoms with Crippen LogP contribution in [0.4, 0.5) is 15.8 Å². The molecule has 6 nitrogen and oxygen atoms in total. The second-order valence-electron chi connectivity index (χ2n) is 7.88. The van der Waals surface area contributed by atoms with Gasteiger partial charge in [-0.1, -0.05) is 48.5 Å². The summed E-state index contributed by atoms with van der Waals surface area (Å²) in [6.45, 7) is 0.480. The van der Waals surface area contributed by atoms with Crippen LogP contribution in [0.2, 0.25) is 0 Å². The topological polar surface area (TPSA) is 87.8 Å². The highest BCUT2D eigenvalue weighted by molar-refractivity contribution is 6.21. The quantitative estimate of drug-likeness (QED) is 0.444. The van der Waals surface area contributed by atoms with Crippen molar-refractivity contribution in [2.75, 3.05) is 17.2 Å². The van der Waals surface area contributed by atoms with Crippen molar-refractivity contribution >= 4 is 47.4 Å². The van der Waals surface area contributed by atoms with Crippen molar-refractivity contribution in [2.24, 2.45) is 4.99 Å². The first-order valence-corrected chi connectivity index (χ1v) is 10.6. The van der Waals surface area contributed by atoms with E-state index >= 15 is 0 Å². The first kappa shape index (κ1) is 23.2. The number of halogens is 2. The van der Waals surface area contributed by atoms with Gasteiger partial charge in [-0.25, -0.2) is 9.38 Å². The number of para-hydroxylation sites is 2. The Kier molecular flexibility index (Phi) is 6.47. The highest BCUT2D eigenvalue weighted by Gasteiger charge is 2.37. The summed E-state index contributed by atoms with van der Waals surface area (Å²) in [5.41, 5.74) is 10.2. The number of anilines is 2. The molecule has 2 heterocycles. The smallest absolute Gasteiger partial charge is 0.272 e. The number of amides is 2. The molecule has 1 unspecified atom stereocenters. The third kappa shape index (κ3) is 4.18. The van der Waals surface area contributed by atoms with E-state index < -0.39 is 17.9 Å². The second kappa shape index (κ2) is 9.49. The van der Waals surface area contributed by atoms with Crippen LogP contribution in [0.3, 0.4) is 0 Å². The summed E-state index contributed by atoms with van der Waals surface area (Å²) >= 11 is 0. The summed E-state index contributed by atoms with van der Waals surface area (Å²) in [5, 5.41) is 2.67. The third-order valence-electron chi connectivity index (χ3n) is 5.83. The third-order valence-corrected chi connectivity index (χ3v) is 5.83. The van der Waals surface area contributed by atoms with Gasteiger partial charge in [0.25, 0.3) is 5.91 Å². The van der Waals surface area contributed by atoms with Crippen molar-refractivity contribution < 1.29 is 14.0 Å². The van der Waals surface area contributed by atoms with Gasteiger partial charge in [-0.2, -0.15) is 0 Å². The van der Waals surface area contributed by atoms with Gasteiger partial charge in [0.1, 0.15) is 5.82 Å². The molecule has 0 fully saturated rings. The van der Waals surface area contributed by atoms with Crippen molar-refractivity contribution in [2.45, 2.75) is 12.6 Å². The zero-order valence-electron chi connectivity index (χ0n) is 18.1. The van der Waals surface area contributed by atoms with Gasteiger partial charge in [0.05, 0.1) is 11.4 Å². The van der Waals surface area contributed by atoms with E-state index in [4.69, 9.17) is 5.73 Å². The number of nitrogens with zero attached hydrogens (tertiary/aromatic N) is 2. The van der Waals surface area contributed by atoms with Gasteiger partial charge in [0.2, 0.25) is 12.1 Å². The average molecular weight is 477 g/mol. The van der Waals surface area contributed by atoms with Gasteiger partial charge in [0.15, 0.2) is 0 Å². The van der Waals surface area contributed by atoms with Crippen LogP contribution in [0.1, 0.15) is 22.3 Å². The molecule has 1 atom stereocenters. The average Bonchev–Trinajstić information content (AvgIpc) is 3.21. The van der Waals surface area contributed by atoms with Crippen LogP contribution in [0.15, 0.2) is 77.8 Å². The summed E-state index contributed by atoms with van der Waals surface area (Å²) in [7, 11) is 0. The Balaban J connectivity index is 0.00000274. The van der Waals surface area contributed by atoms with E-state index in [9.17, 15) is 14.0 Å². The summed E-state index contributed by atoms with van der Waals surface area (Å²) in [5.74, 6) is -1.30. The van der Waals surface area contributed by atoms with Crippen molar-refractivity contribution in [1.29, 1.82) is 0 Å². The highest BCUT2D eigenvalue weighted by Crippen LogP contribution is 2.36. The monoisotopic (exact) mass is 476 g/mol. The van der Waals surface area contributed by atoms with Gasteiger partial charge in [-0.3, -0.25) is 9.59 Å². The number of rotatable bonds is 4. The van der Waals surface area contributed by atoms with Crippen LogP contribution in [0.25, 0.3) is 6.08 Å². The fourth-order valence-electron chi connectivity index (χ4n) is 4.24. The largest absolute Gasteiger partial charge is 0.398 e. The van der Waals surface area contributed by atoms with Crippen LogP contribution in [0.5, 0.6) is 0 Å². The number of aliphatic imine (C=N–C) groups is 1. The Morgan fingerprint density at radius 3 is 2.59 bits per heavy atom. The molecule has 2 amide bonds. The van der Waals surface area contributed by atoms with Gasteiger partial charge in [-0.05, 0) is 41.8 Å². The minimum Gasteiger partial charge on any atom is -0.398 e. The predicted molar refractivity (Wildman–Crippen MR) is 134 cm³/mol. The van der Waals surface area contributed by atoms with Gasteiger partial charge in [-0.15, -0.1) is 12.4 Å². The number of carbonyl (C=O) groups is 2. The standard InChI is InChI=1S/C26H21FN4O2.ClH/c27-20-10-3-2-8-18(20)23-19-9-5-7-17-14-15-31(24(17)19)26(33)25(30-23)29-22(32)13-12-16-6-1-4-11-21(16)28;/h1-13,25H,14-15,28H2,(H,29,32);1H/b13-12+;. The number of benzene rings is 3. The lowest BCUT2D eigenvalue weighted by atomic mass is 9.98. The maximum absolute atomic E-state index is 14.8. The molecule has 2 aliphatic rings. The molecular formula is C26H22ClFN4O2. The van der Waals surface area contributed by atoms with Crippen molar-refractivity contribution in [3.8, 4) is 0 Å². The SMILES string of the molecule is Cl.Nc1ccccc1/C=C/C(=O)NC1N=C(c2ccccc2F)c2cccc3c2N(CC3)C1=O. The molecule has 0 aromatic heterocycles. The van der Waals surface area contributed by atoms with E-state index in [1.165, 1.54) is 12.1 Å². The van der Waals surface area contributed by atoms with E-state index in [2.05, 4.69) is 10.3 Å². The van der Waals surface area contributed by atoms with E-state index in [0.29, 0.717) is 35.5 Å². The Labute approximate surface area is 202 Å². The van der Waals surface area contributed by atoms with E-state index in [1.54, 1.807) is 47.4 Å². The number of carbonyl (C=O) groups excluding carboxylic acids is 2. The zero-order chi connectivity index (χ0) is 22.9. The first-order chi connectivity index (χ1) is 16.0. The molecule has 0 spiro atoms. The van der Waals surface area contributed by atoms with Crippen molar-refractivity contribution in [3.63, 3.8) is 0 Å². The van der Waals surface area contributed by atoms with E-state index in [1.807, 2.05) is 24.3 Å². The predicted octanol–water partition coefficient (Wildman–Crippen LogP) is 3.73. The van der Waals surface area contributed by atoms with Crippen LogP contribution < -0.4 is 16.0 Å². The van der Waals surface area contributed by atoms with Gasteiger partial charge >= 0.3 is 0 Å².